The first-order valence-electron chi connectivity index (χ1n) is 7.94. The third kappa shape index (κ3) is 2.13. The monoisotopic (exact) mass is 353 g/mol. The van der Waals surface area contributed by atoms with Gasteiger partial charge in [0.05, 0.1) is 6.04 Å². The maximum absolute atomic E-state index is 3.86. The van der Waals surface area contributed by atoms with E-state index in [2.05, 4.69) is 83.6 Å². The normalized spacial score (nSPS) is 25.5. The Morgan fingerprint density at radius 1 is 1.00 bits per heavy atom. The molecular weight excluding hydrogens is 334 g/mol. The fourth-order valence-corrected chi connectivity index (χ4v) is 4.31. The third-order valence-electron chi connectivity index (χ3n) is 5.18. The van der Waals surface area contributed by atoms with Crippen LogP contribution < -0.4 is 5.32 Å². The highest BCUT2D eigenvalue weighted by atomic mass is 79.9. The van der Waals surface area contributed by atoms with Gasteiger partial charge in [-0.15, -0.1) is 0 Å². The minimum atomic E-state index is 0.390. The molecule has 2 aromatic rings. The van der Waals surface area contributed by atoms with Crippen LogP contribution in [0, 0.1) is 19.8 Å². The molecule has 1 heterocycles. The number of fused-ring (bicyclic) bond motifs is 3. The quantitative estimate of drug-likeness (QED) is 0.630. The molecule has 0 bridgehead atoms. The van der Waals surface area contributed by atoms with Gasteiger partial charge in [-0.1, -0.05) is 52.3 Å². The van der Waals surface area contributed by atoms with Crippen LogP contribution in [0.25, 0.3) is 0 Å². The van der Waals surface area contributed by atoms with Gasteiger partial charge in [-0.3, -0.25) is 0 Å². The Hall–Kier alpha value is -1.54. The van der Waals surface area contributed by atoms with E-state index in [9.17, 15) is 0 Å². The molecule has 0 fully saturated rings. The highest BCUT2D eigenvalue weighted by Gasteiger charge is 2.38. The minimum absolute atomic E-state index is 0.390. The number of nitrogens with one attached hydrogen (secondary N) is 1. The summed E-state index contributed by atoms with van der Waals surface area (Å²) in [5.74, 6) is 1.17. The summed E-state index contributed by atoms with van der Waals surface area (Å²) in [6, 6.07) is 13.7. The zero-order valence-corrected chi connectivity index (χ0v) is 14.5. The Labute approximate surface area is 140 Å². The fourth-order valence-electron chi connectivity index (χ4n) is 4.04. The molecule has 0 saturated heterocycles. The Kier molecular flexibility index (Phi) is 3.37. The van der Waals surface area contributed by atoms with E-state index in [-0.39, 0.29) is 0 Å². The van der Waals surface area contributed by atoms with Crippen molar-refractivity contribution >= 4 is 21.6 Å². The summed E-state index contributed by atoms with van der Waals surface area (Å²) >= 11 is 3.54. The smallest absolute Gasteiger partial charge is 0.0554 e. The molecule has 3 unspecified atom stereocenters. The number of aryl methyl sites for hydroxylation is 2. The second kappa shape index (κ2) is 5.27. The predicted molar refractivity (Wildman–Crippen MR) is 96.4 cm³/mol. The summed E-state index contributed by atoms with van der Waals surface area (Å²) in [4.78, 5) is 0. The average molecular weight is 354 g/mol. The van der Waals surface area contributed by atoms with Gasteiger partial charge in [0.25, 0.3) is 0 Å². The Morgan fingerprint density at radius 3 is 2.50 bits per heavy atom. The molecule has 1 aliphatic carbocycles. The van der Waals surface area contributed by atoms with E-state index in [1.165, 1.54) is 27.9 Å². The molecule has 1 N–H and O–H groups in total. The molecule has 4 rings (SSSR count). The number of benzene rings is 2. The van der Waals surface area contributed by atoms with E-state index in [0.717, 1.165) is 10.9 Å². The molecule has 112 valence electrons. The van der Waals surface area contributed by atoms with Crippen molar-refractivity contribution in [1.29, 1.82) is 0 Å². The lowest BCUT2D eigenvalue weighted by molar-refractivity contribution is 0.424. The topological polar surface area (TPSA) is 12.0 Å². The van der Waals surface area contributed by atoms with Crippen LogP contribution in [-0.4, -0.2) is 0 Å². The van der Waals surface area contributed by atoms with E-state index >= 15 is 0 Å². The SMILES string of the molecule is Cc1ccc(C)c2c1NC(c1ccc(Br)cc1)C1CC=CC21. The molecule has 0 spiro atoms. The lowest BCUT2D eigenvalue weighted by Gasteiger charge is -2.39. The van der Waals surface area contributed by atoms with Gasteiger partial charge in [-0.2, -0.15) is 0 Å². The van der Waals surface area contributed by atoms with Crippen LogP contribution in [0.2, 0.25) is 0 Å². The Balaban J connectivity index is 1.84. The standard InChI is InChI=1S/C20H20BrN/c1-12-6-7-13(2)19-18(12)16-4-3-5-17(16)20(22-19)14-8-10-15(21)11-9-14/h3-4,6-11,16-17,20,22H,5H2,1-2H3. The Morgan fingerprint density at radius 2 is 1.73 bits per heavy atom. The van der Waals surface area contributed by atoms with Crippen LogP contribution in [0.15, 0.2) is 53.0 Å². The highest BCUT2D eigenvalue weighted by molar-refractivity contribution is 9.10. The summed E-state index contributed by atoms with van der Waals surface area (Å²) in [6.07, 6.45) is 5.94. The van der Waals surface area contributed by atoms with Crippen molar-refractivity contribution in [3.63, 3.8) is 0 Å². The van der Waals surface area contributed by atoms with Gasteiger partial charge in [-0.25, -0.2) is 0 Å². The van der Waals surface area contributed by atoms with E-state index in [4.69, 9.17) is 0 Å². The van der Waals surface area contributed by atoms with Crippen molar-refractivity contribution in [3.8, 4) is 0 Å². The number of allylic oxidation sites excluding steroid dienone is 2. The van der Waals surface area contributed by atoms with E-state index in [1.807, 2.05) is 0 Å². The summed E-state index contributed by atoms with van der Waals surface area (Å²) in [5, 5.41) is 3.86. The molecule has 2 aliphatic rings. The van der Waals surface area contributed by atoms with Crippen LogP contribution in [0.1, 0.15) is 40.6 Å². The van der Waals surface area contributed by atoms with Gasteiger partial charge < -0.3 is 5.32 Å². The van der Waals surface area contributed by atoms with Gasteiger partial charge in [-0.05, 0) is 60.6 Å². The average Bonchev–Trinajstić information content (AvgIpc) is 3.00. The molecular formula is C20H20BrN. The van der Waals surface area contributed by atoms with Crippen molar-refractivity contribution < 1.29 is 0 Å². The van der Waals surface area contributed by atoms with Gasteiger partial charge in [0.15, 0.2) is 0 Å². The third-order valence-corrected chi connectivity index (χ3v) is 5.70. The maximum atomic E-state index is 3.86. The number of hydrogen-bond acceptors (Lipinski definition) is 1. The van der Waals surface area contributed by atoms with E-state index in [0.29, 0.717) is 17.9 Å². The van der Waals surface area contributed by atoms with Crippen molar-refractivity contribution in [3.05, 3.63) is 75.3 Å². The molecule has 3 atom stereocenters. The molecule has 0 saturated carbocycles. The van der Waals surface area contributed by atoms with Crippen molar-refractivity contribution in [2.45, 2.75) is 32.2 Å². The van der Waals surface area contributed by atoms with E-state index in [1.54, 1.807) is 0 Å². The molecule has 1 aliphatic heterocycles. The molecule has 22 heavy (non-hydrogen) atoms. The van der Waals surface area contributed by atoms with Gasteiger partial charge in [0.2, 0.25) is 0 Å². The van der Waals surface area contributed by atoms with Crippen LogP contribution in [0.5, 0.6) is 0 Å². The summed E-state index contributed by atoms with van der Waals surface area (Å²) in [6.45, 7) is 4.45. The van der Waals surface area contributed by atoms with Crippen molar-refractivity contribution in [2.75, 3.05) is 5.32 Å². The lowest BCUT2D eigenvalue weighted by Crippen LogP contribution is -2.30. The molecule has 2 aromatic carbocycles. The zero-order chi connectivity index (χ0) is 15.3. The van der Waals surface area contributed by atoms with Crippen molar-refractivity contribution in [1.82, 2.24) is 0 Å². The van der Waals surface area contributed by atoms with Gasteiger partial charge in [0.1, 0.15) is 0 Å². The maximum Gasteiger partial charge on any atom is 0.0554 e. The lowest BCUT2D eigenvalue weighted by atomic mass is 9.75. The molecule has 2 heteroatoms. The van der Waals surface area contributed by atoms with E-state index < -0.39 is 0 Å². The van der Waals surface area contributed by atoms with Crippen LogP contribution in [0.3, 0.4) is 0 Å². The van der Waals surface area contributed by atoms with Crippen LogP contribution >= 0.6 is 15.9 Å². The van der Waals surface area contributed by atoms with Gasteiger partial charge in [0, 0.05) is 16.1 Å². The Bertz CT molecular complexity index is 745. The predicted octanol–water partition coefficient (Wildman–Crippen LogP) is 5.89. The van der Waals surface area contributed by atoms with Crippen molar-refractivity contribution in [2.24, 2.45) is 5.92 Å². The summed E-state index contributed by atoms with van der Waals surface area (Å²) in [7, 11) is 0. The fraction of sp³-hybridized carbons (Fsp3) is 0.300. The largest absolute Gasteiger partial charge is 0.377 e. The summed E-state index contributed by atoms with van der Waals surface area (Å²) < 4.78 is 1.14. The number of hydrogen-bond donors (Lipinski definition) is 1. The molecule has 1 nitrogen and oxygen atoms in total. The molecule has 0 radical (unpaired) electrons. The highest BCUT2D eigenvalue weighted by Crippen LogP contribution is 2.51. The first kappa shape index (κ1) is 14.1. The van der Waals surface area contributed by atoms with Crippen LogP contribution in [0.4, 0.5) is 5.69 Å². The number of anilines is 1. The first-order valence-corrected chi connectivity index (χ1v) is 8.73. The minimum Gasteiger partial charge on any atom is -0.377 e. The molecule has 0 amide bonds. The first-order chi connectivity index (χ1) is 10.6. The second-order valence-corrected chi connectivity index (χ2v) is 7.43. The molecule has 0 aromatic heterocycles. The van der Waals surface area contributed by atoms with Crippen LogP contribution in [-0.2, 0) is 0 Å². The van der Waals surface area contributed by atoms with Gasteiger partial charge >= 0.3 is 0 Å². The number of rotatable bonds is 1. The summed E-state index contributed by atoms with van der Waals surface area (Å²) in [5.41, 5.74) is 6.99. The zero-order valence-electron chi connectivity index (χ0n) is 12.9. The number of halogens is 1. The second-order valence-electron chi connectivity index (χ2n) is 6.52.